The molecule has 1 atom stereocenters. The molecule has 0 fully saturated rings. The Kier molecular flexibility index (Phi) is 3.35. The number of nitrogens with one attached hydrogen (secondary N) is 1. The number of benzene rings is 3. The van der Waals surface area contributed by atoms with Crippen molar-refractivity contribution >= 4 is 22.5 Å². The molecule has 4 nitrogen and oxygen atoms in total. The van der Waals surface area contributed by atoms with Gasteiger partial charge in [-0.1, -0.05) is 60.7 Å². The molecular formula is C22H17N3O. The normalized spacial score (nSPS) is 16.3. The first-order valence-electron chi connectivity index (χ1n) is 8.71. The van der Waals surface area contributed by atoms with Gasteiger partial charge in [-0.2, -0.15) is 5.10 Å². The molecule has 3 aromatic carbocycles. The molecule has 0 radical (unpaired) electrons. The maximum absolute atomic E-state index is 12.4. The second kappa shape index (κ2) is 5.85. The van der Waals surface area contributed by atoms with Crippen molar-refractivity contribution in [2.75, 3.05) is 5.32 Å². The Morgan fingerprint density at radius 1 is 0.923 bits per heavy atom. The quantitative estimate of drug-likeness (QED) is 0.584. The number of rotatable bonds is 2. The molecule has 1 amide bonds. The van der Waals surface area contributed by atoms with Gasteiger partial charge in [0.2, 0.25) is 5.91 Å². The number of fused-ring (bicyclic) bond motifs is 2. The second-order valence-electron chi connectivity index (χ2n) is 6.61. The number of para-hydroxylation sites is 1. The molecule has 4 heteroatoms. The number of nitrogens with zero attached hydrogens (tertiary/aromatic N) is 2. The molecular weight excluding hydrogens is 322 g/mol. The molecule has 1 N–H and O–H groups in total. The fraction of sp³-hybridized carbons (Fsp3) is 0.0909. The lowest BCUT2D eigenvalue weighted by Crippen LogP contribution is -2.24. The Morgan fingerprint density at radius 2 is 1.69 bits per heavy atom. The van der Waals surface area contributed by atoms with E-state index in [4.69, 9.17) is 0 Å². The van der Waals surface area contributed by atoms with Crippen LogP contribution in [0, 0.1) is 0 Å². The molecule has 1 aromatic heterocycles. The topological polar surface area (TPSA) is 46.9 Å². The fourth-order valence-electron chi connectivity index (χ4n) is 3.71. The highest BCUT2D eigenvalue weighted by Gasteiger charge is 2.30. The van der Waals surface area contributed by atoms with Crippen LogP contribution < -0.4 is 5.32 Å². The van der Waals surface area contributed by atoms with Gasteiger partial charge in [-0.3, -0.25) is 4.79 Å². The predicted octanol–water partition coefficient (Wildman–Crippen LogP) is 4.50. The molecule has 126 valence electrons. The minimum Gasteiger partial charge on any atom is -0.310 e. The van der Waals surface area contributed by atoms with Crippen LogP contribution in [0.5, 0.6) is 0 Å². The molecule has 0 aliphatic carbocycles. The van der Waals surface area contributed by atoms with Gasteiger partial charge in [0.1, 0.15) is 5.82 Å². The van der Waals surface area contributed by atoms with Gasteiger partial charge in [-0.15, -0.1) is 0 Å². The van der Waals surface area contributed by atoms with E-state index in [1.807, 2.05) is 48.7 Å². The summed E-state index contributed by atoms with van der Waals surface area (Å²) in [6.07, 6.45) is 2.31. The maximum Gasteiger partial charge on any atom is 0.226 e. The monoisotopic (exact) mass is 339 g/mol. The largest absolute Gasteiger partial charge is 0.310 e. The molecule has 5 rings (SSSR count). The summed E-state index contributed by atoms with van der Waals surface area (Å²) < 4.78 is 1.81. The van der Waals surface area contributed by atoms with Crippen LogP contribution in [0.15, 0.2) is 79.0 Å². The van der Waals surface area contributed by atoms with Crippen LogP contribution >= 0.6 is 0 Å². The SMILES string of the molecule is O=C1CC(c2ccc3ccccc3c2)c2cnn(-c3ccccc3)c2N1. The van der Waals surface area contributed by atoms with Crippen molar-refractivity contribution in [3.05, 3.63) is 90.1 Å². The van der Waals surface area contributed by atoms with E-state index in [0.29, 0.717) is 6.42 Å². The van der Waals surface area contributed by atoms with Gasteiger partial charge in [0.25, 0.3) is 0 Å². The maximum atomic E-state index is 12.4. The minimum atomic E-state index is 0.0146. The number of carbonyl (C=O) groups excluding carboxylic acids is 1. The molecule has 2 heterocycles. The predicted molar refractivity (Wildman–Crippen MR) is 103 cm³/mol. The van der Waals surface area contributed by atoms with Gasteiger partial charge in [-0.05, 0) is 28.5 Å². The smallest absolute Gasteiger partial charge is 0.226 e. The zero-order chi connectivity index (χ0) is 17.5. The van der Waals surface area contributed by atoms with E-state index in [0.717, 1.165) is 22.6 Å². The van der Waals surface area contributed by atoms with Crippen LogP contribution in [0.4, 0.5) is 5.82 Å². The molecule has 1 aliphatic heterocycles. The molecule has 1 unspecified atom stereocenters. The number of anilines is 1. The lowest BCUT2D eigenvalue weighted by molar-refractivity contribution is -0.116. The van der Waals surface area contributed by atoms with E-state index >= 15 is 0 Å². The van der Waals surface area contributed by atoms with Crippen molar-refractivity contribution < 1.29 is 4.79 Å². The van der Waals surface area contributed by atoms with Crippen LogP contribution in [0.3, 0.4) is 0 Å². The molecule has 4 aromatic rings. The van der Waals surface area contributed by atoms with E-state index in [-0.39, 0.29) is 11.8 Å². The van der Waals surface area contributed by atoms with Crippen molar-refractivity contribution in [1.29, 1.82) is 0 Å². The summed E-state index contributed by atoms with van der Waals surface area (Å²) in [5.41, 5.74) is 3.14. The first-order chi connectivity index (χ1) is 12.8. The lowest BCUT2D eigenvalue weighted by Gasteiger charge is -2.24. The fourth-order valence-corrected chi connectivity index (χ4v) is 3.71. The summed E-state index contributed by atoms with van der Waals surface area (Å²) in [6.45, 7) is 0. The Bertz CT molecular complexity index is 1110. The van der Waals surface area contributed by atoms with Crippen molar-refractivity contribution in [3.8, 4) is 5.69 Å². The Hall–Kier alpha value is -3.40. The highest BCUT2D eigenvalue weighted by molar-refractivity contribution is 5.95. The summed E-state index contributed by atoms with van der Waals surface area (Å²) >= 11 is 0. The van der Waals surface area contributed by atoms with Crippen LogP contribution in [0.1, 0.15) is 23.5 Å². The van der Waals surface area contributed by atoms with Gasteiger partial charge in [0, 0.05) is 17.9 Å². The van der Waals surface area contributed by atoms with Gasteiger partial charge in [0.05, 0.1) is 11.9 Å². The van der Waals surface area contributed by atoms with E-state index in [1.165, 1.54) is 10.8 Å². The molecule has 0 saturated heterocycles. The van der Waals surface area contributed by atoms with Crippen molar-refractivity contribution in [2.24, 2.45) is 0 Å². The van der Waals surface area contributed by atoms with Crippen molar-refractivity contribution in [3.63, 3.8) is 0 Å². The third-order valence-corrected chi connectivity index (χ3v) is 5.00. The van der Waals surface area contributed by atoms with Crippen LogP contribution in [-0.4, -0.2) is 15.7 Å². The third kappa shape index (κ3) is 2.39. The number of hydrogen-bond donors (Lipinski definition) is 1. The van der Waals surface area contributed by atoms with Gasteiger partial charge in [-0.25, -0.2) is 4.68 Å². The highest BCUT2D eigenvalue weighted by Crippen LogP contribution is 2.38. The van der Waals surface area contributed by atoms with Crippen LogP contribution in [-0.2, 0) is 4.79 Å². The van der Waals surface area contributed by atoms with Gasteiger partial charge >= 0.3 is 0 Å². The first kappa shape index (κ1) is 14.9. The van der Waals surface area contributed by atoms with Gasteiger partial charge < -0.3 is 5.32 Å². The Balaban J connectivity index is 1.63. The number of hydrogen-bond acceptors (Lipinski definition) is 2. The second-order valence-corrected chi connectivity index (χ2v) is 6.61. The Morgan fingerprint density at radius 3 is 2.54 bits per heavy atom. The summed E-state index contributed by atoms with van der Waals surface area (Å²) in [5, 5.41) is 9.94. The molecule has 26 heavy (non-hydrogen) atoms. The zero-order valence-electron chi connectivity index (χ0n) is 14.1. The zero-order valence-corrected chi connectivity index (χ0v) is 14.1. The standard InChI is InChI=1S/C22H17N3O/c26-21-13-19(17-11-10-15-6-4-5-7-16(15)12-17)20-14-23-25(22(20)24-21)18-8-2-1-3-9-18/h1-12,14,19H,13H2,(H,24,26). The van der Waals surface area contributed by atoms with Crippen molar-refractivity contribution in [2.45, 2.75) is 12.3 Å². The van der Waals surface area contributed by atoms with E-state index in [2.05, 4.69) is 40.7 Å². The summed E-state index contributed by atoms with van der Waals surface area (Å²) in [6, 6.07) is 24.6. The average molecular weight is 339 g/mol. The number of amides is 1. The number of aromatic nitrogens is 2. The van der Waals surface area contributed by atoms with E-state index in [9.17, 15) is 4.79 Å². The summed E-state index contributed by atoms with van der Waals surface area (Å²) in [4.78, 5) is 12.4. The first-order valence-corrected chi connectivity index (χ1v) is 8.71. The number of carbonyl (C=O) groups is 1. The summed E-state index contributed by atoms with van der Waals surface area (Å²) in [5.74, 6) is 0.805. The Labute approximate surface area is 151 Å². The van der Waals surface area contributed by atoms with Crippen LogP contribution in [0.2, 0.25) is 0 Å². The third-order valence-electron chi connectivity index (χ3n) is 5.00. The summed E-state index contributed by atoms with van der Waals surface area (Å²) in [7, 11) is 0. The van der Waals surface area contributed by atoms with E-state index in [1.54, 1.807) is 4.68 Å². The van der Waals surface area contributed by atoms with Crippen LogP contribution in [0.25, 0.3) is 16.5 Å². The lowest BCUT2D eigenvalue weighted by atomic mass is 9.86. The average Bonchev–Trinajstić information content (AvgIpc) is 3.11. The molecule has 0 bridgehead atoms. The van der Waals surface area contributed by atoms with Crippen molar-refractivity contribution in [1.82, 2.24) is 9.78 Å². The highest BCUT2D eigenvalue weighted by atomic mass is 16.1. The minimum absolute atomic E-state index is 0.0146. The molecule has 0 saturated carbocycles. The molecule has 1 aliphatic rings. The van der Waals surface area contributed by atoms with Gasteiger partial charge in [0.15, 0.2) is 0 Å². The van der Waals surface area contributed by atoms with E-state index < -0.39 is 0 Å². The molecule has 0 spiro atoms.